The van der Waals surface area contributed by atoms with E-state index in [1.54, 1.807) is 31.5 Å². The van der Waals surface area contributed by atoms with E-state index in [-0.39, 0.29) is 11.8 Å². The first kappa shape index (κ1) is 15.9. The van der Waals surface area contributed by atoms with Crippen LogP contribution >= 0.6 is 11.8 Å². The summed E-state index contributed by atoms with van der Waals surface area (Å²) in [5.41, 5.74) is 7.11. The minimum atomic E-state index is -3.32. The average Bonchev–Trinajstić information content (AvgIpc) is 2.94. The van der Waals surface area contributed by atoms with E-state index in [1.165, 1.54) is 11.8 Å². The number of rotatable bonds is 7. The van der Waals surface area contributed by atoms with Gasteiger partial charge in [0.2, 0.25) is 10.0 Å². The Morgan fingerprint density at radius 3 is 2.71 bits per heavy atom. The van der Waals surface area contributed by atoms with Crippen molar-refractivity contribution in [2.24, 2.45) is 0 Å². The topological polar surface area (TPSA) is 101 Å². The quantitative estimate of drug-likeness (QED) is 0.532. The zero-order valence-corrected chi connectivity index (χ0v) is 13.2. The second-order valence-electron chi connectivity index (χ2n) is 4.61. The third-order valence-corrected chi connectivity index (χ3v) is 5.60. The predicted molar refractivity (Wildman–Crippen MR) is 85.5 cm³/mol. The van der Waals surface area contributed by atoms with Gasteiger partial charge in [0.25, 0.3) is 0 Å². The molecule has 1 aromatic carbocycles. The third kappa shape index (κ3) is 5.07. The molecule has 1 unspecified atom stereocenters. The highest BCUT2D eigenvalue weighted by molar-refractivity contribution is 8.00. The summed E-state index contributed by atoms with van der Waals surface area (Å²) in [6.45, 7) is 1.79. The highest BCUT2D eigenvalue weighted by Crippen LogP contribution is 2.19. The summed E-state index contributed by atoms with van der Waals surface area (Å²) in [5, 5.41) is 6.47. The smallest absolute Gasteiger partial charge is 0.212 e. The van der Waals surface area contributed by atoms with Gasteiger partial charge in [-0.1, -0.05) is 0 Å². The Morgan fingerprint density at radius 2 is 2.10 bits per heavy atom. The maximum atomic E-state index is 12.0. The van der Waals surface area contributed by atoms with E-state index in [4.69, 9.17) is 5.73 Å². The van der Waals surface area contributed by atoms with E-state index < -0.39 is 10.0 Å². The fourth-order valence-corrected chi connectivity index (χ4v) is 4.30. The predicted octanol–water partition coefficient (Wildman–Crippen LogP) is 1.76. The molecule has 0 bridgehead atoms. The number of nitrogens with two attached hydrogens (primary N) is 1. The zero-order valence-electron chi connectivity index (χ0n) is 11.6. The summed E-state index contributed by atoms with van der Waals surface area (Å²) in [6.07, 6.45) is 3.28. The lowest BCUT2D eigenvalue weighted by Crippen LogP contribution is -2.29. The first-order valence-electron chi connectivity index (χ1n) is 6.43. The Balaban J connectivity index is 1.82. The van der Waals surface area contributed by atoms with Gasteiger partial charge in [0.05, 0.1) is 11.9 Å². The van der Waals surface area contributed by atoms with Crippen LogP contribution in [0.1, 0.15) is 18.5 Å². The molecule has 8 heteroatoms. The summed E-state index contributed by atoms with van der Waals surface area (Å²) < 4.78 is 26.6. The normalized spacial score (nSPS) is 13.2. The fourth-order valence-electron chi connectivity index (χ4n) is 1.73. The van der Waals surface area contributed by atoms with Gasteiger partial charge in [0.15, 0.2) is 0 Å². The first-order chi connectivity index (χ1) is 9.96. The number of H-pyrrole nitrogens is 1. The Hall–Kier alpha value is -1.51. The van der Waals surface area contributed by atoms with Crippen molar-refractivity contribution in [2.45, 2.75) is 17.9 Å². The zero-order chi connectivity index (χ0) is 15.3. The fraction of sp³-hybridized carbons (Fsp3) is 0.308. The van der Waals surface area contributed by atoms with E-state index in [1.807, 2.05) is 12.1 Å². The van der Waals surface area contributed by atoms with Crippen molar-refractivity contribution < 1.29 is 8.42 Å². The van der Waals surface area contributed by atoms with Gasteiger partial charge in [-0.2, -0.15) is 5.10 Å². The summed E-state index contributed by atoms with van der Waals surface area (Å²) in [5.74, 6) is 0.543. The molecule has 0 aliphatic carbocycles. The Morgan fingerprint density at radius 1 is 1.38 bits per heavy atom. The molecule has 114 valence electrons. The van der Waals surface area contributed by atoms with Crippen LogP contribution in [-0.4, -0.2) is 30.1 Å². The minimum Gasteiger partial charge on any atom is -0.399 e. The summed E-state index contributed by atoms with van der Waals surface area (Å²) in [7, 11) is -3.32. The molecule has 4 N–H and O–H groups in total. The second kappa shape index (κ2) is 6.97. The van der Waals surface area contributed by atoms with E-state index in [0.29, 0.717) is 11.4 Å². The number of aromatic amines is 1. The van der Waals surface area contributed by atoms with Gasteiger partial charge < -0.3 is 5.73 Å². The van der Waals surface area contributed by atoms with Crippen LogP contribution in [-0.2, 0) is 10.0 Å². The molecular weight excluding hydrogens is 308 g/mol. The molecule has 1 heterocycles. The van der Waals surface area contributed by atoms with Crippen LogP contribution in [0.2, 0.25) is 0 Å². The van der Waals surface area contributed by atoms with Gasteiger partial charge in [-0.05, 0) is 31.2 Å². The number of aromatic nitrogens is 2. The van der Waals surface area contributed by atoms with Crippen molar-refractivity contribution in [1.82, 2.24) is 14.9 Å². The summed E-state index contributed by atoms with van der Waals surface area (Å²) in [4.78, 5) is 1.00. The van der Waals surface area contributed by atoms with Crippen LogP contribution in [0.25, 0.3) is 0 Å². The molecule has 0 saturated heterocycles. The molecule has 0 aliphatic rings. The molecule has 1 aromatic heterocycles. The van der Waals surface area contributed by atoms with Gasteiger partial charge in [-0.3, -0.25) is 5.10 Å². The molecule has 6 nitrogen and oxygen atoms in total. The molecule has 0 saturated carbocycles. The van der Waals surface area contributed by atoms with Crippen molar-refractivity contribution in [1.29, 1.82) is 0 Å². The molecular formula is C13H18N4O2S2. The lowest BCUT2D eigenvalue weighted by molar-refractivity contribution is 0.568. The standard InChI is InChI=1S/C13H18N4O2S2/c1-10(11-8-15-16-9-11)17-21(18,19)7-6-20-13-4-2-12(14)3-5-13/h2-5,8-10,17H,6-7,14H2,1H3,(H,15,16). The largest absolute Gasteiger partial charge is 0.399 e. The summed E-state index contributed by atoms with van der Waals surface area (Å²) >= 11 is 1.49. The second-order valence-corrected chi connectivity index (χ2v) is 7.65. The van der Waals surface area contributed by atoms with E-state index in [2.05, 4.69) is 14.9 Å². The molecule has 2 rings (SSSR count). The number of sulfonamides is 1. The number of nitrogens with zero attached hydrogens (tertiary/aromatic N) is 1. The monoisotopic (exact) mass is 326 g/mol. The minimum absolute atomic E-state index is 0.0598. The number of thioether (sulfide) groups is 1. The van der Waals surface area contributed by atoms with Gasteiger partial charge in [-0.15, -0.1) is 11.8 Å². The maximum Gasteiger partial charge on any atom is 0.212 e. The first-order valence-corrected chi connectivity index (χ1v) is 9.07. The van der Waals surface area contributed by atoms with Gasteiger partial charge in [0.1, 0.15) is 0 Å². The highest BCUT2D eigenvalue weighted by Gasteiger charge is 2.16. The van der Waals surface area contributed by atoms with Gasteiger partial charge >= 0.3 is 0 Å². The Bertz CT molecular complexity index is 654. The molecule has 0 spiro atoms. The number of benzene rings is 1. The van der Waals surface area contributed by atoms with Crippen LogP contribution in [0.4, 0.5) is 5.69 Å². The Labute approximate surface area is 128 Å². The van der Waals surface area contributed by atoms with Crippen molar-refractivity contribution >= 4 is 27.5 Å². The van der Waals surface area contributed by atoms with E-state index in [0.717, 1.165) is 10.5 Å². The van der Waals surface area contributed by atoms with Crippen molar-refractivity contribution in [3.8, 4) is 0 Å². The maximum absolute atomic E-state index is 12.0. The van der Waals surface area contributed by atoms with Crippen molar-refractivity contribution in [2.75, 3.05) is 17.2 Å². The van der Waals surface area contributed by atoms with Crippen molar-refractivity contribution in [3.63, 3.8) is 0 Å². The molecule has 0 aliphatic heterocycles. The third-order valence-electron chi connectivity index (χ3n) is 2.88. The molecule has 2 aromatic rings. The van der Waals surface area contributed by atoms with Gasteiger partial charge in [0, 0.05) is 34.1 Å². The highest BCUT2D eigenvalue weighted by atomic mass is 32.2. The lowest BCUT2D eigenvalue weighted by Gasteiger charge is -2.12. The van der Waals surface area contributed by atoms with E-state index >= 15 is 0 Å². The van der Waals surface area contributed by atoms with Crippen LogP contribution in [0.15, 0.2) is 41.6 Å². The number of nitrogen functional groups attached to an aromatic ring is 1. The number of hydrogen-bond acceptors (Lipinski definition) is 5. The lowest BCUT2D eigenvalue weighted by atomic mass is 10.2. The van der Waals surface area contributed by atoms with Crippen LogP contribution < -0.4 is 10.5 Å². The molecule has 1 atom stereocenters. The van der Waals surface area contributed by atoms with Crippen LogP contribution in [0, 0.1) is 0 Å². The van der Waals surface area contributed by atoms with Crippen LogP contribution in [0.5, 0.6) is 0 Å². The molecule has 0 amide bonds. The molecule has 0 radical (unpaired) electrons. The Kier molecular flexibility index (Phi) is 5.27. The SMILES string of the molecule is CC(NS(=O)(=O)CCSc1ccc(N)cc1)c1cn[nH]c1. The van der Waals surface area contributed by atoms with E-state index in [9.17, 15) is 8.42 Å². The van der Waals surface area contributed by atoms with Gasteiger partial charge in [-0.25, -0.2) is 13.1 Å². The van der Waals surface area contributed by atoms with Crippen molar-refractivity contribution in [3.05, 3.63) is 42.2 Å². The summed E-state index contributed by atoms with van der Waals surface area (Å²) in [6, 6.07) is 7.07. The number of anilines is 1. The average molecular weight is 326 g/mol. The number of nitrogens with one attached hydrogen (secondary N) is 2. The number of hydrogen-bond donors (Lipinski definition) is 3. The molecule has 0 fully saturated rings. The molecule has 21 heavy (non-hydrogen) atoms. The van der Waals surface area contributed by atoms with Crippen LogP contribution in [0.3, 0.4) is 0 Å².